The normalized spacial score (nSPS) is 17.8. The molecule has 2 heterocycles. The first kappa shape index (κ1) is 14.1. The topological polar surface area (TPSA) is 39.5 Å². The summed E-state index contributed by atoms with van der Waals surface area (Å²) < 4.78 is 13.5. The Balaban J connectivity index is 1.74. The lowest BCUT2D eigenvalue weighted by Gasteiger charge is -2.23. The summed E-state index contributed by atoms with van der Waals surface area (Å²) in [5.74, 6) is 1.83. The summed E-state index contributed by atoms with van der Waals surface area (Å²) in [5.41, 5.74) is 3.25. The van der Waals surface area contributed by atoms with Crippen molar-refractivity contribution in [3.05, 3.63) is 54.4 Å². The molecule has 0 amide bonds. The van der Waals surface area contributed by atoms with E-state index in [1.54, 1.807) is 7.11 Å². The van der Waals surface area contributed by atoms with Crippen LogP contribution >= 0.6 is 0 Å². The van der Waals surface area contributed by atoms with E-state index in [1.807, 2.05) is 30.3 Å². The number of nitrogens with zero attached hydrogens (tertiary/aromatic N) is 3. The molecule has 1 aliphatic rings. The van der Waals surface area contributed by atoms with E-state index in [0.717, 1.165) is 28.3 Å². The highest BCUT2D eigenvalue weighted by atomic mass is 16.5. The molecule has 5 heteroatoms. The molecule has 0 saturated carbocycles. The van der Waals surface area contributed by atoms with E-state index < -0.39 is 0 Å². The van der Waals surface area contributed by atoms with Gasteiger partial charge in [0.25, 0.3) is 0 Å². The SMILES string of the molecule is COc1ccc(N2COC(C)c3nc4ccccc4n3C2)cc1. The Morgan fingerprint density at radius 1 is 1.13 bits per heavy atom. The van der Waals surface area contributed by atoms with Gasteiger partial charge in [0.05, 0.1) is 24.8 Å². The molecule has 118 valence electrons. The summed E-state index contributed by atoms with van der Waals surface area (Å²) in [6, 6.07) is 16.3. The number of aromatic nitrogens is 2. The van der Waals surface area contributed by atoms with Gasteiger partial charge < -0.3 is 18.9 Å². The molecule has 0 saturated heterocycles. The second-order valence-corrected chi connectivity index (χ2v) is 5.70. The minimum atomic E-state index is -0.0364. The van der Waals surface area contributed by atoms with E-state index in [4.69, 9.17) is 14.5 Å². The van der Waals surface area contributed by atoms with Gasteiger partial charge in [-0.15, -0.1) is 0 Å². The van der Waals surface area contributed by atoms with Crippen molar-refractivity contribution < 1.29 is 9.47 Å². The van der Waals surface area contributed by atoms with Gasteiger partial charge in [0.1, 0.15) is 24.4 Å². The van der Waals surface area contributed by atoms with Crippen molar-refractivity contribution in [3.63, 3.8) is 0 Å². The zero-order chi connectivity index (χ0) is 15.8. The summed E-state index contributed by atoms with van der Waals surface area (Å²) in [4.78, 5) is 6.94. The molecule has 0 spiro atoms. The smallest absolute Gasteiger partial charge is 0.140 e. The highest BCUT2D eigenvalue weighted by Crippen LogP contribution is 2.29. The van der Waals surface area contributed by atoms with Gasteiger partial charge in [0, 0.05) is 5.69 Å². The van der Waals surface area contributed by atoms with Gasteiger partial charge >= 0.3 is 0 Å². The summed E-state index contributed by atoms with van der Waals surface area (Å²) in [5, 5.41) is 0. The van der Waals surface area contributed by atoms with Gasteiger partial charge in [0.15, 0.2) is 0 Å². The van der Waals surface area contributed by atoms with Crippen molar-refractivity contribution in [3.8, 4) is 5.75 Å². The Labute approximate surface area is 135 Å². The van der Waals surface area contributed by atoms with Crippen LogP contribution in [0.1, 0.15) is 18.9 Å². The molecule has 1 aliphatic heterocycles. The van der Waals surface area contributed by atoms with Gasteiger partial charge in [-0.1, -0.05) is 12.1 Å². The second kappa shape index (κ2) is 5.59. The molecule has 0 aliphatic carbocycles. The molecule has 2 aromatic carbocycles. The molecule has 3 aromatic rings. The average molecular weight is 309 g/mol. The predicted molar refractivity (Wildman–Crippen MR) is 89.6 cm³/mol. The second-order valence-electron chi connectivity index (χ2n) is 5.70. The molecule has 5 nitrogen and oxygen atoms in total. The van der Waals surface area contributed by atoms with Crippen molar-refractivity contribution in [2.24, 2.45) is 0 Å². The summed E-state index contributed by atoms with van der Waals surface area (Å²) >= 11 is 0. The first-order chi connectivity index (χ1) is 11.3. The summed E-state index contributed by atoms with van der Waals surface area (Å²) in [6.07, 6.45) is -0.0364. The van der Waals surface area contributed by atoms with E-state index in [9.17, 15) is 0 Å². The van der Waals surface area contributed by atoms with Crippen molar-refractivity contribution in [1.29, 1.82) is 0 Å². The molecule has 1 unspecified atom stereocenters. The van der Waals surface area contributed by atoms with Crippen LogP contribution in [-0.2, 0) is 11.4 Å². The van der Waals surface area contributed by atoms with Crippen molar-refractivity contribution in [2.75, 3.05) is 18.7 Å². The van der Waals surface area contributed by atoms with E-state index in [-0.39, 0.29) is 6.10 Å². The molecule has 4 rings (SSSR count). The van der Waals surface area contributed by atoms with Gasteiger partial charge in [-0.25, -0.2) is 4.98 Å². The van der Waals surface area contributed by atoms with Gasteiger partial charge in [-0.2, -0.15) is 0 Å². The standard InChI is InChI=1S/C18H19N3O2/c1-13-18-19-16-5-3-4-6-17(16)21(18)11-20(12-23-13)14-7-9-15(22-2)10-8-14/h3-10,13H,11-12H2,1-2H3. The fourth-order valence-electron chi connectivity index (χ4n) is 2.99. The molecular formula is C18H19N3O2. The van der Waals surface area contributed by atoms with Crippen molar-refractivity contribution >= 4 is 16.7 Å². The van der Waals surface area contributed by atoms with Crippen LogP contribution in [0.4, 0.5) is 5.69 Å². The minimum Gasteiger partial charge on any atom is -0.497 e. The van der Waals surface area contributed by atoms with Crippen LogP contribution in [0.3, 0.4) is 0 Å². The van der Waals surface area contributed by atoms with Crippen molar-refractivity contribution in [2.45, 2.75) is 19.7 Å². The maximum Gasteiger partial charge on any atom is 0.140 e. The third-order valence-corrected chi connectivity index (χ3v) is 4.28. The predicted octanol–water partition coefficient (Wildman–Crippen LogP) is 3.56. The number of fused-ring (bicyclic) bond motifs is 3. The van der Waals surface area contributed by atoms with Crippen LogP contribution < -0.4 is 9.64 Å². The lowest BCUT2D eigenvalue weighted by atomic mass is 10.3. The van der Waals surface area contributed by atoms with Gasteiger partial charge in [-0.3, -0.25) is 0 Å². The quantitative estimate of drug-likeness (QED) is 0.725. The number of benzene rings is 2. The summed E-state index contributed by atoms with van der Waals surface area (Å²) in [6.45, 7) is 3.30. The number of anilines is 1. The fraction of sp³-hybridized carbons (Fsp3) is 0.278. The van der Waals surface area contributed by atoms with E-state index >= 15 is 0 Å². The maximum absolute atomic E-state index is 5.99. The lowest BCUT2D eigenvalue weighted by molar-refractivity contribution is 0.0677. The van der Waals surface area contributed by atoms with E-state index in [1.165, 1.54) is 0 Å². The Kier molecular flexibility index (Phi) is 3.42. The number of imidazole rings is 1. The highest BCUT2D eigenvalue weighted by molar-refractivity contribution is 5.76. The van der Waals surface area contributed by atoms with Gasteiger partial charge in [0.2, 0.25) is 0 Å². The summed E-state index contributed by atoms with van der Waals surface area (Å²) in [7, 11) is 1.68. The number of hydrogen-bond acceptors (Lipinski definition) is 4. The molecule has 0 N–H and O–H groups in total. The number of hydrogen-bond donors (Lipinski definition) is 0. The van der Waals surface area contributed by atoms with Crippen LogP contribution in [0.5, 0.6) is 5.75 Å². The van der Waals surface area contributed by atoms with Crippen LogP contribution in [0.2, 0.25) is 0 Å². The Bertz CT molecular complexity index is 826. The van der Waals surface area contributed by atoms with Crippen LogP contribution in [0, 0.1) is 0 Å². The molecule has 1 aromatic heterocycles. The zero-order valence-corrected chi connectivity index (χ0v) is 13.3. The third kappa shape index (κ3) is 2.43. The largest absolute Gasteiger partial charge is 0.497 e. The Hall–Kier alpha value is -2.53. The first-order valence-corrected chi connectivity index (χ1v) is 7.72. The zero-order valence-electron chi connectivity index (χ0n) is 13.3. The van der Waals surface area contributed by atoms with Crippen LogP contribution in [-0.4, -0.2) is 23.4 Å². The average Bonchev–Trinajstić information content (AvgIpc) is 2.89. The van der Waals surface area contributed by atoms with Gasteiger partial charge in [-0.05, 0) is 43.3 Å². The third-order valence-electron chi connectivity index (χ3n) is 4.28. The molecule has 0 radical (unpaired) electrons. The maximum atomic E-state index is 5.99. The van der Waals surface area contributed by atoms with Crippen LogP contribution in [0.25, 0.3) is 11.0 Å². The lowest BCUT2D eigenvalue weighted by Crippen LogP contribution is -2.26. The fourth-order valence-corrected chi connectivity index (χ4v) is 2.99. The molecule has 0 fully saturated rings. The molecule has 0 bridgehead atoms. The highest BCUT2D eigenvalue weighted by Gasteiger charge is 2.23. The van der Waals surface area contributed by atoms with E-state index in [2.05, 4.69) is 34.6 Å². The Morgan fingerprint density at radius 2 is 1.91 bits per heavy atom. The molecule has 23 heavy (non-hydrogen) atoms. The van der Waals surface area contributed by atoms with E-state index in [0.29, 0.717) is 13.4 Å². The monoisotopic (exact) mass is 309 g/mol. The van der Waals surface area contributed by atoms with Crippen molar-refractivity contribution in [1.82, 2.24) is 9.55 Å². The van der Waals surface area contributed by atoms with Crippen LogP contribution in [0.15, 0.2) is 48.5 Å². The Morgan fingerprint density at radius 3 is 2.70 bits per heavy atom. The minimum absolute atomic E-state index is 0.0364. The number of para-hydroxylation sites is 2. The number of rotatable bonds is 2. The molecular weight excluding hydrogens is 290 g/mol. The first-order valence-electron chi connectivity index (χ1n) is 7.72. The number of ether oxygens (including phenoxy) is 2. The molecule has 1 atom stereocenters. The number of methoxy groups -OCH3 is 1.